The average Bonchev–Trinajstić information content (AvgIpc) is 3.31. The van der Waals surface area contributed by atoms with Crippen LogP contribution >= 0.6 is 0 Å². The van der Waals surface area contributed by atoms with Crippen molar-refractivity contribution in [1.29, 1.82) is 0 Å². The summed E-state index contributed by atoms with van der Waals surface area (Å²) < 4.78 is 23.2. The summed E-state index contributed by atoms with van der Waals surface area (Å²) in [5.41, 5.74) is 0. The summed E-state index contributed by atoms with van der Waals surface area (Å²) in [5, 5.41) is 9.88. The van der Waals surface area contributed by atoms with Crippen molar-refractivity contribution in [2.75, 3.05) is 44.3 Å². The number of nitrogens with zero attached hydrogens (tertiary/aromatic N) is 2. The van der Waals surface area contributed by atoms with Crippen LogP contribution in [0, 0.1) is 17.8 Å². The van der Waals surface area contributed by atoms with Gasteiger partial charge in [0.1, 0.15) is 0 Å². The van der Waals surface area contributed by atoms with Crippen LogP contribution in [0.25, 0.3) is 0 Å². The maximum atomic E-state index is 12.5. The average molecular weight is 344 g/mol. The topological polar surface area (TPSA) is 77.9 Å². The van der Waals surface area contributed by atoms with E-state index >= 15 is 0 Å². The molecule has 0 aromatic heterocycles. The van der Waals surface area contributed by atoms with Crippen molar-refractivity contribution in [2.24, 2.45) is 17.8 Å². The highest BCUT2D eigenvalue weighted by atomic mass is 32.2. The normalized spacial score (nSPS) is 34.7. The van der Waals surface area contributed by atoms with Gasteiger partial charge in [-0.1, -0.05) is 13.3 Å². The molecule has 1 aliphatic carbocycles. The molecule has 3 rings (SSSR count). The summed E-state index contributed by atoms with van der Waals surface area (Å²) in [6.07, 6.45) is 2.96. The first kappa shape index (κ1) is 17.2. The lowest BCUT2D eigenvalue weighted by Crippen LogP contribution is -2.47. The molecule has 0 spiro atoms. The van der Waals surface area contributed by atoms with E-state index in [1.54, 1.807) is 0 Å². The van der Waals surface area contributed by atoms with Gasteiger partial charge in [0.2, 0.25) is 5.91 Å². The second kappa shape index (κ2) is 6.69. The van der Waals surface area contributed by atoms with E-state index in [0.29, 0.717) is 19.0 Å². The Morgan fingerprint density at radius 2 is 1.87 bits per heavy atom. The van der Waals surface area contributed by atoms with Crippen LogP contribution in [0.15, 0.2) is 0 Å². The Balaban J connectivity index is 1.67. The number of hydrogen-bond acceptors (Lipinski definition) is 5. The van der Waals surface area contributed by atoms with E-state index < -0.39 is 9.84 Å². The molecular formula is C16H28N2O4S. The number of aliphatic hydroxyl groups is 1. The minimum absolute atomic E-state index is 0.00572. The predicted octanol–water partition coefficient (Wildman–Crippen LogP) is -0.0277. The molecule has 1 amide bonds. The molecule has 23 heavy (non-hydrogen) atoms. The maximum Gasteiger partial charge on any atom is 0.226 e. The van der Waals surface area contributed by atoms with E-state index in [9.17, 15) is 18.3 Å². The van der Waals surface area contributed by atoms with Gasteiger partial charge in [0, 0.05) is 32.1 Å². The van der Waals surface area contributed by atoms with Gasteiger partial charge in [-0.3, -0.25) is 4.79 Å². The minimum Gasteiger partial charge on any atom is -0.394 e. The summed E-state index contributed by atoms with van der Waals surface area (Å²) in [7, 11) is -2.87. The van der Waals surface area contributed by atoms with Crippen LogP contribution in [-0.4, -0.2) is 79.6 Å². The molecule has 132 valence electrons. The summed E-state index contributed by atoms with van der Waals surface area (Å²) in [4.78, 5) is 16.6. The Kier molecular flexibility index (Phi) is 4.99. The molecule has 0 bridgehead atoms. The largest absolute Gasteiger partial charge is 0.394 e. The van der Waals surface area contributed by atoms with Crippen molar-refractivity contribution in [3.05, 3.63) is 0 Å². The van der Waals surface area contributed by atoms with Crippen LogP contribution in [0.5, 0.6) is 0 Å². The first-order chi connectivity index (χ1) is 10.9. The molecule has 2 heterocycles. The maximum absolute atomic E-state index is 12.5. The third-order valence-electron chi connectivity index (χ3n) is 5.76. The van der Waals surface area contributed by atoms with Gasteiger partial charge in [0.25, 0.3) is 0 Å². The summed E-state index contributed by atoms with van der Waals surface area (Å²) in [5.74, 6) is 1.49. The summed E-state index contributed by atoms with van der Waals surface area (Å²) >= 11 is 0. The number of rotatable bonds is 5. The van der Waals surface area contributed by atoms with E-state index in [-0.39, 0.29) is 41.9 Å². The summed E-state index contributed by atoms with van der Waals surface area (Å²) in [6.45, 7) is 4.82. The molecule has 3 atom stereocenters. The highest BCUT2D eigenvalue weighted by Crippen LogP contribution is 2.38. The van der Waals surface area contributed by atoms with Crippen LogP contribution in [0.4, 0.5) is 0 Å². The van der Waals surface area contributed by atoms with Crippen LogP contribution in [0.3, 0.4) is 0 Å². The number of amides is 1. The number of hydrogen-bond donors (Lipinski definition) is 1. The van der Waals surface area contributed by atoms with Gasteiger partial charge < -0.3 is 14.9 Å². The molecule has 0 radical (unpaired) electrons. The molecule has 3 fully saturated rings. The fourth-order valence-electron chi connectivity index (χ4n) is 4.05. The summed E-state index contributed by atoms with van der Waals surface area (Å²) in [6, 6.07) is -0.105. The van der Waals surface area contributed by atoms with Crippen LogP contribution < -0.4 is 0 Å². The van der Waals surface area contributed by atoms with Crippen molar-refractivity contribution in [1.82, 2.24) is 9.80 Å². The van der Waals surface area contributed by atoms with E-state index in [1.807, 2.05) is 4.90 Å². The van der Waals surface area contributed by atoms with Crippen molar-refractivity contribution >= 4 is 15.7 Å². The fraction of sp³-hybridized carbons (Fsp3) is 0.938. The van der Waals surface area contributed by atoms with E-state index in [2.05, 4.69) is 11.8 Å². The van der Waals surface area contributed by atoms with Crippen LogP contribution in [-0.2, 0) is 14.6 Å². The number of aliphatic hydroxyl groups excluding tert-OH is 1. The molecule has 2 aliphatic heterocycles. The lowest BCUT2D eigenvalue weighted by Gasteiger charge is -2.33. The van der Waals surface area contributed by atoms with E-state index in [0.717, 1.165) is 32.4 Å². The first-order valence-corrected chi connectivity index (χ1v) is 10.6. The van der Waals surface area contributed by atoms with E-state index in [4.69, 9.17) is 0 Å². The zero-order chi connectivity index (χ0) is 16.6. The lowest BCUT2D eigenvalue weighted by molar-refractivity contribution is -0.134. The molecule has 0 aromatic rings. The molecular weight excluding hydrogens is 316 g/mol. The Bertz CT molecular complexity index is 532. The molecule has 6 nitrogen and oxygen atoms in total. The van der Waals surface area contributed by atoms with Gasteiger partial charge in [-0.2, -0.15) is 0 Å². The van der Waals surface area contributed by atoms with Gasteiger partial charge >= 0.3 is 0 Å². The molecule has 3 aliphatic rings. The standard InChI is InChI=1S/C16H28N2O4S/c1-2-12-9-18(16(20)13-3-4-13)15(11-19)14(12)10-17-5-7-23(21,22)8-6-17/h12-15,19H,2-11H2,1H3/t12-,14-,15-/m1/s1. The number of likely N-dealkylation sites (tertiary alicyclic amines) is 1. The number of sulfone groups is 1. The third-order valence-corrected chi connectivity index (χ3v) is 7.37. The Hall–Kier alpha value is -0.660. The third kappa shape index (κ3) is 3.72. The first-order valence-electron chi connectivity index (χ1n) is 8.79. The van der Waals surface area contributed by atoms with Crippen molar-refractivity contribution < 1.29 is 18.3 Å². The minimum atomic E-state index is -2.87. The Morgan fingerprint density at radius 1 is 1.22 bits per heavy atom. The zero-order valence-corrected chi connectivity index (χ0v) is 14.7. The van der Waals surface area contributed by atoms with Crippen LogP contribution in [0.2, 0.25) is 0 Å². The van der Waals surface area contributed by atoms with Crippen molar-refractivity contribution in [2.45, 2.75) is 32.2 Å². The molecule has 0 unspecified atom stereocenters. The number of carbonyl (C=O) groups is 1. The predicted molar refractivity (Wildman–Crippen MR) is 87.7 cm³/mol. The zero-order valence-electron chi connectivity index (χ0n) is 13.9. The Labute approximate surface area is 138 Å². The van der Waals surface area contributed by atoms with Gasteiger partial charge in [-0.15, -0.1) is 0 Å². The Morgan fingerprint density at radius 3 is 2.39 bits per heavy atom. The molecule has 1 N–H and O–H groups in total. The second-order valence-corrected chi connectivity index (χ2v) is 9.60. The molecule has 2 saturated heterocycles. The monoisotopic (exact) mass is 344 g/mol. The lowest BCUT2D eigenvalue weighted by atomic mass is 9.88. The van der Waals surface area contributed by atoms with Gasteiger partial charge in [0.15, 0.2) is 9.84 Å². The van der Waals surface area contributed by atoms with Gasteiger partial charge in [-0.25, -0.2) is 8.42 Å². The highest BCUT2D eigenvalue weighted by Gasteiger charge is 2.46. The van der Waals surface area contributed by atoms with Crippen LogP contribution in [0.1, 0.15) is 26.2 Å². The van der Waals surface area contributed by atoms with Crippen molar-refractivity contribution in [3.63, 3.8) is 0 Å². The van der Waals surface area contributed by atoms with Crippen molar-refractivity contribution in [3.8, 4) is 0 Å². The van der Waals surface area contributed by atoms with Gasteiger partial charge in [-0.05, 0) is 24.7 Å². The molecule has 1 saturated carbocycles. The molecule has 0 aromatic carbocycles. The highest BCUT2D eigenvalue weighted by molar-refractivity contribution is 7.91. The fourth-order valence-corrected chi connectivity index (χ4v) is 5.33. The quantitative estimate of drug-likeness (QED) is 0.758. The number of carbonyl (C=O) groups excluding carboxylic acids is 1. The smallest absolute Gasteiger partial charge is 0.226 e. The second-order valence-electron chi connectivity index (χ2n) is 7.30. The van der Waals surface area contributed by atoms with E-state index in [1.165, 1.54) is 0 Å². The molecule has 7 heteroatoms. The SMILES string of the molecule is CC[C@@H]1CN(C(=O)C2CC2)[C@H](CO)[C@@H]1CN1CCS(=O)(=O)CC1. The van der Waals surface area contributed by atoms with Gasteiger partial charge in [0.05, 0.1) is 24.2 Å².